The Kier molecular flexibility index (Phi) is 6.62. The average molecular weight is 381 g/mol. The summed E-state index contributed by atoms with van der Waals surface area (Å²) in [4.78, 5) is 14.2. The Hall–Kier alpha value is -1.61. The van der Waals surface area contributed by atoms with E-state index in [2.05, 4.69) is 68.1 Å². The molecule has 126 valence electrons. The third-order valence-electron chi connectivity index (χ3n) is 5.25. The van der Waals surface area contributed by atoms with Crippen molar-refractivity contribution < 1.29 is 4.79 Å². The first-order valence-corrected chi connectivity index (χ1v) is 14.6. The van der Waals surface area contributed by atoms with Crippen LogP contribution in [0.1, 0.15) is 49.2 Å². The molecule has 2 heteroatoms. The molecule has 0 aliphatic rings. The van der Waals surface area contributed by atoms with Crippen LogP contribution in [-0.4, -0.2) is 19.0 Å². The zero-order valence-electron chi connectivity index (χ0n) is 15.3. The molecule has 0 aromatic heterocycles. The first-order valence-electron chi connectivity index (χ1n) is 8.95. The molecule has 0 saturated carbocycles. The molecule has 1 nitrogen and oxygen atoms in total. The molecule has 0 saturated heterocycles. The zero-order valence-corrected chi connectivity index (χ0v) is 17.4. The molecule has 0 unspecified atom stereocenters. The van der Waals surface area contributed by atoms with E-state index >= 15 is 0 Å². The van der Waals surface area contributed by atoms with E-state index in [4.69, 9.17) is 0 Å². The summed E-state index contributed by atoms with van der Waals surface area (Å²) in [5, 5.41) is 3.94. The van der Waals surface area contributed by atoms with Gasteiger partial charge in [0.05, 0.1) is 0 Å². The molecule has 0 amide bonds. The molecule has 0 atom stereocenters. The van der Waals surface area contributed by atoms with E-state index in [1.807, 2.05) is 12.1 Å². The van der Waals surface area contributed by atoms with Crippen molar-refractivity contribution >= 4 is 24.6 Å². The molecule has 2 aromatic carbocycles. The van der Waals surface area contributed by atoms with E-state index in [1.165, 1.54) is 32.5 Å². The minimum atomic E-state index is -1.98. The molecular weight excluding hydrogens is 353 g/mol. The summed E-state index contributed by atoms with van der Waals surface area (Å²) in [5.74, 6) is 0.120. The number of hydrogen-bond acceptors (Lipinski definition) is 1. The SMILES string of the molecule is C[CH2][Ge](/[CH]=C(/c1ccccc1)c1ccc(C(C)=O)cc1)([CH2]C)[CH2]C. The Morgan fingerprint density at radius 2 is 1.25 bits per heavy atom. The Balaban J connectivity index is 2.57. The van der Waals surface area contributed by atoms with Crippen LogP contribution in [0.2, 0.25) is 15.8 Å². The van der Waals surface area contributed by atoms with Gasteiger partial charge in [0.1, 0.15) is 0 Å². The number of carbonyl (C=O) groups is 1. The van der Waals surface area contributed by atoms with Crippen molar-refractivity contribution in [3.63, 3.8) is 0 Å². The summed E-state index contributed by atoms with van der Waals surface area (Å²) in [6, 6.07) is 18.8. The van der Waals surface area contributed by atoms with Gasteiger partial charge in [0.25, 0.3) is 0 Å². The van der Waals surface area contributed by atoms with E-state index in [0.29, 0.717) is 0 Å². The van der Waals surface area contributed by atoms with Crippen LogP contribution >= 0.6 is 0 Å². The number of ketones is 1. The van der Waals surface area contributed by atoms with Gasteiger partial charge in [-0.2, -0.15) is 0 Å². The van der Waals surface area contributed by atoms with Crippen LogP contribution in [0.4, 0.5) is 0 Å². The molecular formula is C22H28GeO. The van der Waals surface area contributed by atoms with E-state index in [1.54, 1.807) is 6.92 Å². The maximum atomic E-state index is 11.6. The van der Waals surface area contributed by atoms with E-state index in [9.17, 15) is 4.79 Å². The number of carbonyl (C=O) groups excluding carboxylic acids is 1. The van der Waals surface area contributed by atoms with Crippen LogP contribution in [0.3, 0.4) is 0 Å². The minimum absolute atomic E-state index is 0.120. The Labute approximate surface area is 149 Å². The zero-order chi connectivity index (χ0) is 17.6. The summed E-state index contributed by atoms with van der Waals surface area (Å²) in [6.45, 7) is 8.68. The van der Waals surface area contributed by atoms with Crippen molar-refractivity contribution in [1.82, 2.24) is 0 Å². The number of hydrogen-bond donors (Lipinski definition) is 0. The van der Waals surface area contributed by atoms with E-state index < -0.39 is 13.3 Å². The van der Waals surface area contributed by atoms with Crippen LogP contribution in [-0.2, 0) is 0 Å². The molecule has 24 heavy (non-hydrogen) atoms. The second-order valence-electron chi connectivity index (χ2n) is 6.48. The van der Waals surface area contributed by atoms with Gasteiger partial charge in [-0.15, -0.1) is 0 Å². The van der Waals surface area contributed by atoms with Gasteiger partial charge in [0.15, 0.2) is 0 Å². The maximum absolute atomic E-state index is 11.6. The standard InChI is InChI=1S/C22H28GeO/c1-5-23(6-2,7-3)17-22(20-11-9-8-10-12-20)21-15-13-19(14-16-21)18(4)24/h8-17H,5-7H2,1-4H3/b22-17-. The second kappa shape index (κ2) is 8.48. The molecule has 0 fully saturated rings. The second-order valence-corrected chi connectivity index (χ2v) is 17.3. The molecule has 0 aliphatic heterocycles. The van der Waals surface area contributed by atoms with Crippen molar-refractivity contribution in [2.75, 3.05) is 0 Å². The molecule has 0 radical (unpaired) electrons. The van der Waals surface area contributed by atoms with Crippen molar-refractivity contribution in [2.24, 2.45) is 0 Å². The molecule has 0 aliphatic carbocycles. The number of Topliss-reactive ketones (excluding diaryl/α,β-unsaturated/α-hetero) is 1. The topological polar surface area (TPSA) is 17.1 Å². The van der Waals surface area contributed by atoms with Crippen LogP contribution in [0.25, 0.3) is 5.57 Å². The van der Waals surface area contributed by atoms with Crippen molar-refractivity contribution in [3.05, 3.63) is 76.2 Å². The average Bonchev–Trinajstić information content (AvgIpc) is 2.64. The fourth-order valence-electron chi connectivity index (χ4n) is 3.20. The third-order valence-corrected chi connectivity index (χ3v) is 16.0. The van der Waals surface area contributed by atoms with Gasteiger partial charge in [-0.05, 0) is 0 Å². The molecule has 0 bridgehead atoms. The molecule has 0 N–H and O–H groups in total. The quantitative estimate of drug-likeness (QED) is 0.403. The Morgan fingerprint density at radius 1 is 0.792 bits per heavy atom. The van der Waals surface area contributed by atoms with Crippen LogP contribution in [0.15, 0.2) is 59.5 Å². The predicted octanol–water partition coefficient (Wildman–Crippen LogP) is 6.37. The van der Waals surface area contributed by atoms with E-state index in [0.717, 1.165) is 5.56 Å². The summed E-state index contributed by atoms with van der Waals surface area (Å²) < 4.78 is 0. The monoisotopic (exact) mass is 382 g/mol. The van der Waals surface area contributed by atoms with Gasteiger partial charge in [0.2, 0.25) is 0 Å². The van der Waals surface area contributed by atoms with Crippen LogP contribution < -0.4 is 0 Å². The van der Waals surface area contributed by atoms with E-state index in [-0.39, 0.29) is 5.78 Å². The molecule has 2 aromatic rings. The first-order chi connectivity index (χ1) is 11.5. The number of benzene rings is 2. The van der Waals surface area contributed by atoms with Gasteiger partial charge in [0, 0.05) is 0 Å². The van der Waals surface area contributed by atoms with Gasteiger partial charge in [-0.3, -0.25) is 0 Å². The molecule has 0 heterocycles. The van der Waals surface area contributed by atoms with Crippen molar-refractivity contribution in [2.45, 2.75) is 43.5 Å². The first kappa shape index (κ1) is 18.7. The van der Waals surface area contributed by atoms with Crippen LogP contribution in [0.5, 0.6) is 0 Å². The van der Waals surface area contributed by atoms with Crippen molar-refractivity contribution in [1.29, 1.82) is 0 Å². The summed E-state index contributed by atoms with van der Waals surface area (Å²) in [5.41, 5.74) is 4.62. The van der Waals surface area contributed by atoms with Gasteiger partial charge in [-0.1, -0.05) is 0 Å². The molecule has 0 spiro atoms. The summed E-state index contributed by atoms with van der Waals surface area (Å²) in [6.07, 6.45) is 0. The predicted molar refractivity (Wildman–Crippen MR) is 107 cm³/mol. The third kappa shape index (κ3) is 4.27. The van der Waals surface area contributed by atoms with Gasteiger partial charge in [-0.25, -0.2) is 0 Å². The normalized spacial score (nSPS) is 12.2. The fraction of sp³-hybridized carbons (Fsp3) is 0.318. The number of rotatable bonds is 7. The van der Waals surface area contributed by atoms with Crippen LogP contribution in [0, 0.1) is 0 Å². The summed E-state index contributed by atoms with van der Waals surface area (Å²) >= 11 is -1.98. The van der Waals surface area contributed by atoms with Gasteiger partial charge >= 0.3 is 149 Å². The van der Waals surface area contributed by atoms with Gasteiger partial charge < -0.3 is 0 Å². The Morgan fingerprint density at radius 3 is 1.71 bits per heavy atom. The summed E-state index contributed by atoms with van der Waals surface area (Å²) in [7, 11) is 0. The molecule has 2 rings (SSSR count). The fourth-order valence-corrected chi connectivity index (χ4v) is 9.61. The Bertz CT molecular complexity index is 686. The van der Waals surface area contributed by atoms with Crippen molar-refractivity contribution in [3.8, 4) is 0 Å².